The summed E-state index contributed by atoms with van der Waals surface area (Å²) >= 11 is 0. The minimum absolute atomic E-state index is 0.0646. The summed E-state index contributed by atoms with van der Waals surface area (Å²) in [6.07, 6.45) is 5.56. The van der Waals surface area contributed by atoms with Crippen molar-refractivity contribution in [3.05, 3.63) is 113 Å². The number of benzene rings is 2. The SMILES string of the molecule is Cc1cccc(-c2cnc(C3CCC(NC(=O)OCc4ccccc4)CC3)n2C2=C(Cc3ccccc3)OCO2)n1. The van der Waals surface area contributed by atoms with E-state index >= 15 is 0 Å². The summed E-state index contributed by atoms with van der Waals surface area (Å²) in [4.78, 5) is 22.2. The van der Waals surface area contributed by atoms with Gasteiger partial charge in [-0.15, -0.1) is 0 Å². The molecule has 0 spiro atoms. The van der Waals surface area contributed by atoms with E-state index in [1.54, 1.807) is 0 Å². The Kier molecular flexibility index (Phi) is 7.98. The van der Waals surface area contributed by atoms with Gasteiger partial charge in [0.15, 0.2) is 5.76 Å². The number of alkyl carbamates (subject to hydrolysis) is 1. The van der Waals surface area contributed by atoms with Crippen molar-refractivity contribution < 1.29 is 19.0 Å². The molecule has 0 radical (unpaired) electrons. The summed E-state index contributed by atoms with van der Waals surface area (Å²) in [5.74, 6) is 2.58. The second kappa shape index (κ2) is 12.3. The first kappa shape index (κ1) is 26.6. The maximum absolute atomic E-state index is 12.4. The number of amides is 1. The number of hydrogen-bond donors (Lipinski definition) is 1. The molecular formula is C33H34N4O4. The Labute approximate surface area is 240 Å². The van der Waals surface area contributed by atoms with E-state index in [0.717, 1.165) is 65.5 Å². The van der Waals surface area contributed by atoms with E-state index in [4.69, 9.17) is 24.2 Å². The summed E-state index contributed by atoms with van der Waals surface area (Å²) in [5, 5.41) is 3.05. The van der Waals surface area contributed by atoms with Crippen molar-refractivity contribution in [3.8, 4) is 11.4 Å². The minimum Gasteiger partial charge on any atom is -0.456 e. The highest BCUT2D eigenvalue weighted by Gasteiger charge is 2.32. The Morgan fingerprint density at radius 2 is 1.66 bits per heavy atom. The summed E-state index contributed by atoms with van der Waals surface area (Å²) in [5.41, 5.74) is 4.76. The molecule has 210 valence electrons. The number of allylic oxidation sites excluding steroid dienone is 1. The molecule has 2 aliphatic rings. The minimum atomic E-state index is -0.376. The van der Waals surface area contributed by atoms with Crippen LogP contribution in [0.4, 0.5) is 4.79 Å². The lowest BCUT2D eigenvalue weighted by atomic mass is 9.85. The molecule has 0 saturated heterocycles. The number of carbonyl (C=O) groups is 1. The Morgan fingerprint density at radius 3 is 2.39 bits per heavy atom. The van der Waals surface area contributed by atoms with Crippen LogP contribution in [-0.4, -0.2) is 33.5 Å². The zero-order valence-electron chi connectivity index (χ0n) is 23.2. The van der Waals surface area contributed by atoms with Gasteiger partial charge in [0.05, 0.1) is 17.6 Å². The highest BCUT2D eigenvalue weighted by molar-refractivity contribution is 5.67. The van der Waals surface area contributed by atoms with Crippen LogP contribution in [0.1, 0.15) is 54.2 Å². The van der Waals surface area contributed by atoms with Crippen molar-refractivity contribution in [3.63, 3.8) is 0 Å². The molecule has 1 N–H and O–H groups in total. The van der Waals surface area contributed by atoms with Gasteiger partial charge in [0, 0.05) is 24.1 Å². The average Bonchev–Trinajstić information content (AvgIpc) is 3.64. The van der Waals surface area contributed by atoms with Crippen molar-refractivity contribution in [2.75, 3.05) is 6.79 Å². The van der Waals surface area contributed by atoms with E-state index in [1.807, 2.05) is 79.9 Å². The van der Waals surface area contributed by atoms with Crippen LogP contribution in [0.25, 0.3) is 17.3 Å². The quantitative estimate of drug-likeness (QED) is 0.267. The molecule has 1 aliphatic carbocycles. The van der Waals surface area contributed by atoms with Gasteiger partial charge >= 0.3 is 6.09 Å². The first-order valence-corrected chi connectivity index (χ1v) is 14.2. The van der Waals surface area contributed by atoms with Crippen molar-refractivity contribution in [2.45, 2.75) is 57.6 Å². The zero-order valence-corrected chi connectivity index (χ0v) is 23.2. The summed E-state index contributed by atoms with van der Waals surface area (Å²) in [6.45, 7) is 2.41. The van der Waals surface area contributed by atoms with E-state index in [-0.39, 0.29) is 31.5 Å². The molecule has 8 heteroatoms. The van der Waals surface area contributed by atoms with Crippen LogP contribution in [0, 0.1) is 6.92 Å². The number of aromatic nitrogens is 3. The average molecular weight is 551 g/mol. The summed E-state index contributed by atoms with van der Waals surface area (Å²) in [6, 6.07) is 26.0. The molecule has 0 atom stereocenters. The fraction of sp³-hybridized carbons (Fsp3) is 0.303. The summed E-state index contributed by atoms with van der Waals surface area (Å²) < 4.78 is 19.7. The first-order valence-electron chi connectivity index (χ1n) is 14.2. The smallest absolute Gasteiger partial charge is 0.407 e. The van der Waals surface area contributed by atoms with Crippen LogP contribution in [0.5, 0.6) is 0 Å². The molecule has 1 aliphatic heterocycles. The molecule has 1 amide bonds. The molecule has 2 aromatic heterocycles. The molecule has 1 saturated carbocycles. The Morgan fingerprint density at radius 1 is 0.927 bits per heavy atom. The van der Waals surface area contributed by atoms with Gasteiger partial charge in [0.2, 0.25) is 12.7 Å². The Balaban J connectivity index is 1.21. The number of ether oxygens (including phenoxy) is 3. The van der Waals surface area contributed by atoms with Crippen molar-refractivity contribution >= 4 is 12.0 Å². The number of aryl methyl sites for hydroxylation is 1. The second-order valence-electron chi connectivity index (χ2n) is 10.6. The lowest BCUT2D eigenvalue weighted by molar-refractivity contribution is 0.0821. The monoisotopic (exact) mass is 550 g/mol. The van der Waals surface area contributed by atoms with E-state index < -0.39 is 0 Å². The van der Waals surface area contributed by atoms with Gasteiger partial charge in [-0.05, 0) is 55.9 Å². The van der Waals surface area contributed by atoms with Crippen LogP contribution < -0.4 is 5.32 Å². The van der Waals surface area contributed by atoms with Gasteiger partial charge in [-0.3, -0.25) is 9.55 Å². The molecule has 6 rings (SSSR count). The second-order valence-corrected chi connectivity index (χ2v) is 10.6. The summed E-state index contributed by atoms with van der Waals surface area (Å²) in [7, 11) is 0. The van der Waals surface area contributed by atoms with Gasteiger partial charge < -0.3 is 19.5 Å². The highest BCUT2D eigenvalue weighted by atomic mass is 16.7. The fourth-order valence-electron chi connectivity index (χ4n) is 5.56. The number of carbonyl (C=O) groups excluding carboxylic acids is 1. The normalized spacial score (nSPS) is 18.5. The Bertz CT molecular complexity index is 1510. The van der Waals surface area contributed by atoms with Crippen molar-refractivity contribution in [2.24, 2.45) is 0 Å². The van der Waals surface area contributed by atoms with E-state index in [1.165, 1.54) is 0 Å². The Hall–Kier alpha value is -4.59. The predicted octanol–water partition coefficient (Wildman–Crippen LogP) is 6.58. The third-order valence-electron chi connectivity index (χ3n) is 7.64. The van der Waals surface area contributed by atoms with E-state index in [9.17, 15) is 4.79 Å². The topological polar surface area (TPSA) is 87.5 Å². The third kappa shape index (κ3) is 6.27. The van der Waals surface area contributed by atoms with Crippen LogP contribution in [0.3, 0.4) is 0 Å². The molecule has 3 heterocycles. The standard InChI is InChI=1S/C33H34N4O4/c1-23-9-8-14-28(35-23)29-20-34-31(37(29)32-30(40-22-41-32)19-24-10-4-2-5-11-24)26-15-17-27(18-16-26)36-33(38)39-21-25-12-6-3-7-13-25/h2-14,20,26-27H,15-19,21-22H2,1H3,(H,36,38). The van der Waals surface area contributed by atoms with E-state index in [2.05, 4.69) is 22.0 Å². The maximum Gasteiger partial charge on any atom is 0.407 e. The number of rotatable bonds is 8. The number of pyridine rings is 1. The van der Waals surface area contributed by atoms with Gasteiger partial charge in [0.1, 0.15) is 12.4 Å². The number of nitrogens with one attached hydrogen (secondary N) is 1. The van der Waals surface area contributed by atoms with Crippen LogP contribution in [0.2, 0.25) is 0 Å². The predicted molar refractivity (Wildman–Crippen MR) is 155 cm³/mol. The fourth-order valence-corrected chi connectivity index (χ4v) is 5.56. The van der Waals surface area contributed by atoms with Crippen LogP contribution in [-0.2, 0) is 27.2 Å². The van der Waals surface area contributed by atoms with Crippen LogP contribution in [0.15, 0.2) is 90.8 Å². The van der Waals surface area contributed by atoms with Gasteiger partial charge in [-0.2, -0.15) is 0 Å². The van der Waals surface area contributed by atoms with E-state index in [0.29, 0.717) is 12.3 Å². The molecule has 2 aromatic carbocycles. The largest absolute Gasteiger partial charge is 0.456 e. The van der Waals surface area contributed by atoms with Crippen LogP contribution >= 0.6 is 0 Å². The molecule has 0 bridgehead atoms. The number of nitrogens with zero attached hydrogens (tertiary/aromatic N) is 3. The van der Waals surface area contributed by atoms with Crippen molar-refractivity contribution in [1.29, 1.82) is 0 Å². The first-order chi connectivity index (χ1) is 20.1. The lowest BCUT2D eigenvalue weighted by Gasteiger charge is -2.29. The molecule has 41 heavy (non-hydrogen) atoms. The zero-order chi connectivity index (χ0) is 28.0. The van der Waals surface area contributed by atoms with Gasteiger partial charge in [-0.25, -0.2) is 9.78 Å². The molecule has 0 unspecified atom stereocenters. The molecular weight excluding hydrogens is 516 g/mol. The number of imidazole rings is 1. The van der Waals surface area contributed by atoms with Gasteiger partial charge in [0.25, 0.3) is 0 Å². The molecule has 8 nitrogen and oxygen atoms in total. The van der Waals surface area contributed by atoms with Crippen molar-refractivity contribution in [1.82, 2.24) is 19.9 Å². The molecule has 1 fully saturated rings. The maximum atomic E-state index is 12.4. The third-order valence-corrected chi connectivity index (χ3v) is 7.64. The number of hydrogen-bond acceptors (Lipinski definition) is 6. The lowest BCUT2D eigenvalue weighted by Crippen LogP contribution is -2.37. The van der Waals surface area contributed by atoms with Gasteiger partial charge in [-0.1, -0.05) is 66.7 Å². The molecule has 4 aromatic rings. The highest BCUT2D eigenvalue weighted by Crippen LogP contribution is 2.38.